The molecule has 1 aromatic heterocycles. The Morgan fingerprint density at radius 3 is 2.48 bits per heavy atom. The van der Waals surface area contributed by atoms with Gasteiger partial charge in [0.1, 0.15) is 0 Å². The van der Waals surface area contributed by atoms with Gasteiger partial charge in [0, 0.05) is 24.5 Å². The van der Waals surface area contributed by atoms with Crippen molar-refractivity contribution in [3.63, 3.8) is 0 Å². The third kappa shape index (κ3) is 5.60. The minimum atomic E-state index is -3.14. The lowest BCUT2D eigenvalue weighted by Crippen LogP contribution is -2.44. The van der Waals surface area contributed by atoms with Gasteiger partial charge in [-0.15, -0.1) is 11.3 Å². The van der Waals surface area contributed by atoms with Crippen LogP contribution in [0.15, 0.2) is 17.5 Å². The third-order valence-electron chi connectivity index (χ3n) is 3.80. The highest BCUT2D eigenvalue weighted by Gasteiger charge is 2.25. The summed E-state index contributed by atoms with van der Waals surface area (Å²) in [6.07, 6.45) is 2.57. The topological polar surface area (TPSA) is 95.6 Å². The van der Waals surface area contributed by atoms with E-state index in [4.69, 9.17) is 0 Å². The molecule has 7 nitrogen and oxygen atoms in total. The van der Waals surface area contributed by atoms with Gasteiger partial charge in [0.2, 0.25) is 10.0 Å². The van der Waals surface area contributed by atoms with Crippen molar-refractivity contribution in [3.05, 3.63) is 22.4 Å². The maximum Gasteiger partial charge on any atom is 0.309 e. The second-order valence-corrected chi connectivity index (χ2v) is 8.59. The Morgan fingerprint density at radius 2 is 1.91 bits per heavy atom. The Balaban J connectivity index is 1.67. The molecule has 1 saturated heterocycles. The van der Waals surface area contributed by atoms with Crippen LogP contribution in [-0.2, 0) is 26.2 Å². The second kappa shape index (κ2) is 7.89. The molecule has 9 heteroatoms. The number of carbonyl (C=O) groups excluding carboxylic acids is 2. The summed E-state index contributed by atoms with van der Waals surface area (Å²) >= 11 is 1.51. The van der Waals surface area contributed by atoms with Crippen LogP contribution in [0.1, 0.15) is 17.7 Å². The maximum absolute atomic E-state index is 11.7. The third-order valence-corrected chi connectivity index (χ3v) is 5.98. The predicted octanol–water partition coefficient (Wildman–Crippen LogP) is 0.152. The van der Waals surface area contributed by atoms with Crippen LogP contribution in [0.4, 0.5) is 0 Å². The van der Waals surface area contributed by atoms with Crippen molar-refractivity contribution in [1.82, 2.24) is 14.9 Å². The van der Waals surface area contributed by atoms with Crippen molar-refractivity contribution < 1.29 is 18.0 Å². The number of carbonyl (C=O) groups is 2. The van der Waals surface area contributed by atoms with Gasteiger partial charge in [-0.2, -0.15) is 0 Å². The molecule has 0 spiro atoms. The van der Waals surface area contributed by atoms with Crippen LogP contribution in [0.5, 0.6) is 0 Å². The molecule has 0 unspecified atom stereocenters. The van der Waals surface area contributed by atoms with Crippen LogP contribution in [-0.4, -0.2) is 50.4 Å². The van der Waals surface area contributed by atoms with Crippen LogP contribution in [0.25, 0.3) is 0 Å². The van der Waals surface area contributed by atoms with E-state index in [0.717, 1.165) is 4.88 Å². The highest BCUT2D eigenvalue weighted by atomic mass is 32.2. The van der Waals surface area contributed by atoms with Gasteiger partial charge in [0.15, 0.2) is 0 Å². The van der Waals surface area contributed by atoms with Crippen molar-refractivity contribution in [2.45, 2.75) is 19.4 Å². The normalized spacial score (nSPS) is 16.9. The quantitative estimate of drug-likeness (QED) is 0.732. The fourth-order valence-electron chi connectivity index (χ4n) is 2.42. The zero-order chi connectivity index (χ0) is 16.9. The molecule has 23 heavy (non-hydrogen) atoms. The zero-order valence-corrected chi connectivity index (χ0v) is 14.6. The maximum atomic E-state index is 11.7. The Morgan fingerprint density at radius 1 is 1.26 bits per heavy atom. The number of thiophene rings is 1. The van der Waals surface area contributed by atoms with Gasteiger partial charge in [-0.25, -0.2) is 12.7 Å². The second-order valence-electron chi connectivity index (χ2n) is 5.58. The first kappa shape index (κ1) is 17.9. The van der Waals surface area contributed by atoms with Gasteiger partial charge < -0.3 is 10.6 Å². The number of nitrogens with zero attached hydrogens (tertiary/aromatic N) is 1. The molecule has 0 aliphatic carbocycles. The SMILES string of the molecule is CS(=O)(=O)N1CCC(CNC(=O)C(=O)NCc2cccs2)CC1. The fourth-order valence-corrected chi connectivity index (χ4v) is 3.94. The average Bonchev–Trinajstić information content (AvgIpc) is 3.03. The van der Waals surface area contributed by atoms with E-state index >= 15 is 0 Å². The van der Waals surface area contributed by atoms with Gasteiger partial charge in [-0.05, 0) is 30.2 Å². The summed E-state index contributed by atoms with van der Waals surface area (Å²) in [4.78, 5) is 24.4. The number of piperidine rings is 1. The summed E-state index contributed by atoms with van der Waals surface area (Å²) in [7, 11) is -3.14. The van der Waals surface area contributed by atoms with Crippen LogP contribution in [0, 0.1) is 5.92 Å². The molecule has 128 valence electrons. The van der Waals surface area contributed by atoms with E-state index in [-0.39, 0.29) is 5.92 Å². The predicted molar refractivity (Wildman–Crippen MR) is 88.3 cm³/mol. The highest BCUT2D eigenvalue weighted by molar-refractivity contribution is 7.88. The van der Waals surface area contributed by atoms with E-state index in [1.807, 2.05) is 17.5 Å². The first-order valence-electron chi connectivity index (χ1n) is 7.40. The monoisotopic (exact) mass is 359 g/mol. The highest BCUT2D eigenvalue weighted by Crippen LogP contribution is 2.18. The van der Waals surface area contributed by atoms with E-state index in [0.29, 0.717) is 39.0 Å². The Hall–Kier alpha value is -1.45. The van der Waals surface area contributed by atoms with Crippen LogP contribution >= 0.6 is 11.3 Å². The molecule has 0 radical (unpaired) electrons. The summed E-state index contributed by atoms with van der Waals surface area (Å²) in [5, 5.41) is 7.10. The summed E-state index contributed by atoms with van der Waals surface area (Å²) in [5.41, 5.74) is 0. The molecule has 2 amide bonds. The molecule has 0 atom stereocenters. The zero-order valence-electron chi connectivity index (χ0n) is 12.9. The standard InChI is InChI=1S/C14H21N3O4S2/c1-23(20,21)17-6-4-11(5-7-17)9-15-13(18)14(19)16-10-12-3-2-8-22-12/h2-3,8,11H,4-7,9-10H2,1H3,(H,15,18)(H,16,19). The van der Waals surface area contributed by atoms with Gasteiger partial charge in [0.05, 0.1) is 12.8 Å². The van der Waals surface area contributed by atoms with Crippen molar-refractivity contribution >= 4 is 33.2 Å². The van der Waals surface area contributed by atoms with E-state index in [1.54, 1.807) is 0 Å². The number of sulfonamides is 1. The van der Waals surface area contributed by atoms with Gasteiger partial charge in [-0.3, -0.25) is 9.59 Å². The summed E-state index contributed by atoms with van der Waals surface area (Å²) in [6.45, 7) is 1.66. The van der Waals surface area contributed by atoms with Crippen molar-refractivity contribution in [1.29, 1.82) is 0 Å². The molecular formula is C14H21N3O4S2. The number of nitrogens with one attached hydrogen (secondary N) is 2. The molecule has 2 N–H and O–H groups in total. The lowest BCUT2D eigenvalue weighted by Gasteiger charge is -2.30. The average molecular weight is 359 g/mol. The molecule has 1 aliphatic heterocycles. The summed E-state index contributed by atoms with van der Waals surface area (Å²) in [6, 6.07) is 3.77. The van der Waals surface area contributed by atoms with Gasteiger partial charge >= 0.3 is 11.8 Å². The largest absolute Gasteiger partial charge is 0.348 e. The number of amides is 2. The van der Waals surface area contributed by atoms with Gasteiger partial charge in [-0.1, -0.05) is 6.07 Å². The van der Waals surface area contributed by atoms with Crippen LogP contribution in [0.2, 0.25) is 0 Å². The summed E-state index contributed by atoms with van der Waals surface area (Å²) < 4.78 is 24.3. The van der Waals surface area contributed by atoms with Crippen molar-refractivity contribution in [2.24, 2.45) is 5.92 Å². The fraction of sp³-hybridized carbons (Fsp3) is 0.571. The Kier molecular flexibility index (Phi) is 6.14. The molecule has 2 rings (SSSR count). The molecule has 1 aliphatic rings. The number of hydrogen-bond acceptors (Lipinski definition) is 5. The first-order chi connectivity index (χ1) is 10.9. The summed E-state index contributed by atoms with van der Waals surface area (Å²) in [5.74, 6) is -1.10. The number of hydrogen-bond donors (Lipinski definition) is 2. The molecule has 0 bridgehead atoms. The molecule has 1 fully saturated rings. The van der Waals surface area contributed by atoms with Crippen LogP contribution < -0.4 is 10.6 Å². The van der Waals surface area contributed by atoms with E-state index in [1.165, 1.54) is 21.9 Å². The van der Waals surface area contributed by atoms with Crippen molar-refractivity contribution in [3.8, 4) is 0 Å². The smallest absolute Gasteiger partial charge is 0.309 e. The molecule has 0 saturated carbocycles. The molecule has 2 heterocycles. The molecular weight excluding hydrogens is 338 g/mol. The Labute approximate surface area is 140 Å². The first-order valence-corrected chi connectivity index (χ1v) is 10.1. The lowest BCUT2D eigenvalue weighted by molar-refractivity contribution is -0.139. The Bertz CT molecular complexity index is 635. The minimum Gasteiger partial charge on any atom is -0.348 e. The molecule has 1 aromatic rings. The van der Waals surface area contributed by atoms with Crippen LogP contribution in [0.3, 0.4) is 0 Å². The van der Waals surface area contributed by atoms with E-state index in [2.05, 4.69) is 10.6 Å². The van der Waals surface area contributed by atoms with E-state index < -0.39 is 21.8 Å². The number of rotatable bonds is 5. The molecule has 0 aromatic carbocycles. The lowest BCUT2D eigenvalue weighted by atomic mass is 9.98. The van der Waals surface area contributed by atoms with Crippen molar-refractivity contribution in [2.75, 3.05) is 25.9 Å². The van der Waals surface area contributed by atoms with Gasteiger partial charge in [0.25, 0.3) is 0 Å². The van der Waals surface area contributed by atoms with E-state index in [9.17, 15) is 18.0 Å². The minimum absolute atomic E-state index is 0.196.